The summed E-state index contributed by atoms with van der Waals surface area (Å²) in [7, 11) is 0. The Morgan fingerprint density at radius 3 is 2.60 bits per heavy atom. The van der Waals surface area contributed by atoms with E-state index < -0.39 is 0 Å². The summed E-state index contributed by atoms with van der Waals surface area (Å²) >= 11 is 3.27. The van der Waals surface area contributed by atoms with Gasteiger partial charge in [-0.25, -0.2) is 0 Å². The lowest BCUT2D eigenvalue weighted by Crippen LogP contribution is -2.14. The van der Waals surface area contributed by atoms with Gasteiger partial charge in [0, 0.05) is 5.33 Å². The summed E-state index contributed by atoms with van der Waals surface area (Å²) in [4.78, 5) is 12.2. The second-order valence-electron chi connectivity index (χ2n) is 4.00. The predicted molar refractivity (Wildman–Crippen MR) is 81.8 cm³/mol. The Morgan fingerprint density at radius 2 is 1.85 bits per heavy atom. The number of aromatic hydroxyl groups is 1. The van der Waals surface area contributed by atoms with Gasteiger partial charge >= 0.3 is 0 Å². The van der Waals surface area contributed by atoms with Gasteiger partial charge < -0.3 is 15.2 Å². The van der Waals surface area contributed by atoms with E-state index in [-0.39, 0.29) is 11.7 Å². The molecule has 0 saturated carbocycles. The minimum Gasteiger partial charge on any atom is -0.506 e. The summed E-state index contributed by atoms with van der Waals surface area (Å²) in [6.07, 6.45) is 0. The van der Waals surface area contributed by atoms with Gasteiger partial charge in [0.15, 0.2) is 0 Å². The molecule has 0 aliphatic carbocycles. The molecule has 0 bridgehead atoms. The quantitative estimate of drug-likeness (QED) is 0.650. The van der Waals surface area contributed by atoms with Crippen LogP contribution in [0.25, 0.3) is 0 Å². The van der Waals surface area contributed by atoms with Crippen molar-refractivity contribution in [3.05, 3.63) is 54.1 Å². The maximum Gasteiger partial charge on any atom is 0.259 e. The normalized spacial score (nSPS) is 10.1. The third-order valence-electron chi connectivity index (χ3n) is 2.62. The Balaban J connectivity index is 2.19. The Labute approximate surface area is 125 Å². The van der Waals surface area contributed by atoms with E-state index in [9.17, 15) is 9.90 Å². The summed E-state index contributed by atoms with van der Waals surface area (Å²) in [5.74, 6) is 0.219. The van der Waals surface area contributed by atoms with Crippen LogP contribution in [0.2, 0.25) is 0 Å². The van der Waals surface area contributed by atoms with Crippen molar-refractivity contribution in [1.29, 1.82) is 0 Å². The number of alkyl halides is 1. The molecule has 0 fully saturated rings. The van der Waals surface area contributed by atoms with Crippen molar-refractivity contribution in [3.8, 4) is 11.5 Å². The van der Waals surface area contributed by atoms with Gasteiger partial charge in [-0.1, -0.05) is 40.2 Å². The highest BCUT2D eigenvalue weighted by Crippen LogP contribution is 2.24. The number of benzene rings is 2. The molecule has 1 amide bonds. The van der Waals surface area contributed by atoms with E-state index in [1.54, 1.807) is 42.5 Å². The molecule has 0 aliphatic rings. The number of hydrogen-bond donors (Lipinski definition) is 2. The molecule has 0 aromatic heterocycles. The van der Waals surface area contributed by atoms with Crippen molar-refractivity contribution in [2.75, 3.05) is 17.3 Å². The first kappa shape index (κ1) is 14.4. The van der Waals surface area contributed by atoms with Crippen molar-refractivity contribution in [1.82, 2.24) is 0 Å². The highest BCUT2D eigenvalue weighted by Gasteiger charge is 2.13. The smallest absolute Gasteiger partial charge is 0.259 e. The Kier molecular flexibility index (Phi) is 5.01. The topological polar surface area (TPSA) is 58.6 Å². The second kappa shape index (κ2) is 6.96. The van der Waals surface area contributed by atoms with Gasteiger partial charge in [-0.15, -0.1) is 0 Å². The van der Waals surface area contributed by atoms with Crippen LogP contribution >= 0.6 is 15.9 Å². The Hall–Kier alpha value is -2.01. The fourth-order valence-electron chi connectivity index (χ4n) is 1.70. The van der Waals surface area contributed by atoms with Gasteiger partial charge in [0.25, 0.3) is 5.91 Å². The van der Waals surface area contributed by atoms with Crippen LogP contribution in [0.15, 0.2) is 48.5 Å². The predicted octanol–water partition coefficient (Wildman–Crippen LogP) is 3.42. The van der Waals surface area contributed by atoms with Crippen LogP contribution in [-0.4, -0.2) is 23.0 Å². The van der Waals surface area contributed by atoms with Gasteiger partial charge in [-0.2, -0.15) is 0 Å². The zero-order valence-electron chi connectivity index (χ0n) is 10.7. The van der Waals surface area contributed by atoms with Crippen molar-refractivity contribution < 1.29 is 14.6 Å². The van der Waals surface area contributed by atoms with E-state index in [1.165, 1.54) is 6.07 Å². The van der Waals surface area contributed by atoms with E-state index in [0.717, 1.165) is 0 Å². The van der Waals surface area contributed by atoms with Gasteiger partial charge in [-0.05, 0) is 24.3 Å². The van der Waals surface area contributed by atoms with Gasteiger partial charge in [0.1, 0.15) is 11.5 Å². The number of carbonyl (C=O) groups is 1. The third-order valence-corrected chi connectivity index (χ3v) is 2.94. The summed E-state index contributed by atoms with van der Waals surface area (Å²) in [6.45, 7) is 0.473. The molecule has 4 nitrogen and oxygen atoms in total. The standard InChI is InChI=1S/C15H14BrNO3/c16-9-10-20-14-8-4-1-5-11(14)15(19)17-12-6-2-3-7-13(12)18/h1-8,18H,9-10H2,(H,17,19). The molecule has 0 radical (unpaired) electrons. The first-order chi connectivity index (χ1) is 9.72. The lowest BCUT2D eigenvalue weighted by atomic mass is 10.2. The highest BCUT2D eigenvalue weighted by atomic mass is 79.9. The van der Waals surface area contributed by atoms with Gasteiger partial charge in [0.2, 0.25) is 0 Å². The van der Waals surface area contributed by atoms with Crippen LogP contribution in [0.3, 0.4) is 0 Å². The van der Waals surface area contributed by atoms with E-state index in [2.05, 4.69) is 21.2 Å². The zero-order valence-corrected chi connectivity index (χ0v) is 12.3. The van der Waals surface area contributed by atoms with Crippen LogP contribution in [0.1, 0.15) is 10.4 Å². The van der Waals surface area contributed by atoms with Crippen molar-refractivity contribution in [2.24, 2.45) is 0 Å². The summed E-state index contributed by atoms with van der Waals surface area (Å²) in [5, 5.41) is 13.0. The molecular formula is C15H14BrNO3. The van der Waals surface area contributed by atoms with Crippen molar-refractivity contribution in [3.63, 3.8) is 0 Å². The van der Waals surface area contributed by atoms with E-state index in [1.807, 2.05) is 0 Å². The number of rotatable bonds is 5. The zero-order chi connectivity index (χ0) is 14.4. The molecule has 104 valence electrons. The summed E-state index contributed by atoms with van der Waals surface area (Å²) in [6, 6.07) is 13.6. The number of amides is 1. The molecular weight excluding hydrogens is 322 g/mol. The molecule has 2 aromatic rings. The molecule has 0 spiro atoms. The lowest BCUT2D eigenvalue weighted by molar-refractivity contribution is 0.102. The molecule has 0 unspecified atom stereocenters. The monoisotopic (exact) mass is 335 g/mol. The molecule has 0 atom stereocenters. The number of ether oxygens (including phenoxy) is 1. The average Bonchev–Trinajstić information content (AvgIpc) is 2.47. The molecule has 2 N–H and O–H groups in total. The minimum atomic E-state index is -0.323. The maximum absolute atomic E-state index is 12.2. The first-order valence-electron chi connectivity index (χ1n) is 6.09. The number of carbonyl (C=O) groups excluding carboxylic acids is 1. The van der Waals surface area contributed by atoms with E-state index in [4.69, 9.17) is 4.74 Å². The molecule has 2 aromatic carbocycles. The van der Waals surface area contributed by atoms with Gasteiger partial charge in [-0.3, -0.25) is 4.79 Å². The number of anilines is 1. The molecule has 0 heterocycles. The van der Waals surface area contributed by atoms with Crippen LogP contribution in [0.4, 0.5) is 5.69 Å². The van der Waals surface area contributed by atoms with E-state index >= 15 is 0 Å². The Morgan fingerprint density at radius 1 is 1.15 bits per heavy atom. The van der Waals surface area contributed by atoms with Crippen LogP contribution in [0, 0.1) is 0 Å². The van der Waals surface area contributed by atoms with Gasteiger partial charge in [0.05, 0.1) is 17.9 Å². The average molecular weight is 336 g/mol. The van der Waals surface area contributed by atoms with Crippen molar-refractivity contribution >= 4 is 27.5 Å². The van der Waals surface area contributed by atoms with Crippen LogP contribution in [-0.2, 0) is 0 Å². The highest BCUT2D eigenvalue weighted by molar-refractivity contribution is 9.09. The Bertz CT molecular complexity index is 601. The van der Waals surface area contributed by atoms with E-state index in [0.29, 0.717) is 28.9 Å². The van der Waals surface area contributed by atoms with Crippen LogP contribution < -0.4 is 10.1 Å². The maximum atomic E-state index is 12.2. The first-order valence-corrected chi connectivity index (χ1v) is 7.21. The molecule has 20 heavy (non-hydrogen) atoms. The third kappa shape index (κ3) is 3.51. The van der Waals surface area contributed by atoms with Crippen LogP contribution in [0.5, 0.6) is 11.5 Å². The lowest BCUT2D eigenvalue weighted by Gasteiger charge is -2.11. The number of para-hydroxylation sites is 3. The summed E-state index contributed by atoms with van der Waals surface area (Å²) in [5.41, 5.74) is 0.796. The molecule has 2 rings (SSSR count). The second-order valence-corrected chi connectivity index (χ2v) is 4.80. The number of phenols is 1. The minimum absolute atomic E-state index is 0.0275. The number of hydrogen-bond acceptors (Lipinski definition) is 3. The molecule has 5 heteroatoms. The SMILES string of the molecule is O=C(Nc1ccccc1O)c1ccccc1OCCBr. The largest absolute Gasteiger partial charge is 0.506 e. The molecule has 0 aliphatic heterocycles. The number of halogens is 1. The van der Waals surface area contributed by atoms with Crippen molar-refractivity contribution in [2.45, 2.75) is 0 Å². The fraction of sp³-hybridized carbons (Fsp3) is 0.133. The molecule has 0 saturated heterocycles. The fourth-order valence-corrected chi connectivity index (χ4v) is 1.86. The number of phenolic OH excluding ortho intramolecular Hbond substituents is 1. The summed E-state index contributed by atoms with van der Waals surface area (Å²) < 4.78 is 5.51. The number of nitrogens with one attached hydrogen (secondary N) is 1.